The predicted octanol–water partition coefficient (Wildman–Crippen LogP) is 3.73. The van der Waals surface area contributed by atoms with E-state index in [4.69, 9.17) is 0 Å². The third-order valence-electron chi connectivity index (χ3n) is 5.44. The summed E-state index contributed by atoms with van der Waals surface area (Å²) in [5, 5.41) is 3.28. The molecule has 22 heavy (non-hydrogen) atoms. The van der Waals surface area contributed by atoms with Crippen molar-refractivity contribution in [3.63, 3.8) is 0 Å². The number of hydrogen-bond donors (Lipinski definition) is 1. The van der Waals surface area contributed by atoms with E-state index < -0.39 is 0 Å². The minimum Gasteiger partial charge on any atom is -0.349 e. The third-order valence-corrected chi connectivity index (χ3v) is 5.97. The van der Waals surface area contributed by atoms with Gasteiger partial charge in [-0.25, -0.2) is 0 Å². The molecule has 0 aromatic heterocycles. The second-order valence-electron chi connectivity index (χ2n) is 7.07. The number of rotatable bonds is 3. The van der Waals surface area contributed by atoms with Gasteiger partial charge in [-0.15, -0.1) is 0 Å². The van der Waals surface area contributed by atoms with Crippen molar-refractivity contribution >= 4 is 21.8 Å². The Morgan fingerprint density at radius 3 is 2.23 bits per heavy atom. The lowest BCUT2D eigenvalue weighted by molar-refractivity contribution is 0.0175. The van der Waals surface area contributed by atoms with Gasteiger partial charge in [-0.3, -0.25) is 9.69 Å². The predicted molar refractivity (Wildman–Crippen MR) is 90.9 cm³/mol. The lowest BCUT2D eigenvalue weighted by Crippen LogP contribution is -2.57. The summed E-state index contributed by atoms with van der Waals surface area (Å²) in [4.78, 5) is 15.2. The second-order valence-corrected chi connectivity index (χ2v) is 7.98. The van der Waals surface area contributed by atoms with Crippen LogP contribution in [0, 0.1) is 0 Å². The fraction of sp³-hybridized carbons (Fsp3) is 0.611. The molecule has 118 valence electrons. The largest absolute Gasteiger partial charge is 0.349 e. The van der Waals surface area contributed by atoms with Crippen LogP contribution < -0.4 is 5.32 Å². The Morgan fingerprint density at radius 2 is 1.64 bits per heavy atom. The Hall–Kier alpha value is -0.870. The Kier molecular flexibility index (Phi) is 3.99. The van der Waals surface area contributed by atoms with Crippen molar-refractivity contribution in [2.24, 2.45) is 0 Å². The van der Waals surface area contributed by atoms with Crippen LogP contribution >= 0.6 is 15.9 Å². The molecule has 4 heteroatoms. The molecule has 2 heterocycles. The molecule has 2 bridgehead atoms. The number of amides is 1. The second kappa shape index (κ2) is 5.97. The van der Waals surface area contributed by atoms with E-state index in [1.54, 1.807) is 0 Å². The monoisotopic (exact) mass is 362 g/mol. The average Bonchev–Trinajstić information content (AvgIpc) is 3.31. The fourth-order valence-electron chi connectivity index (χ4n) is 4.37. The van der Waals surface area contributed by atoms with Crippen molar-refractivity contribution in [2.75, 3.05) is 0 Å². The summed E-state index contributed by atoms with van der Waals surface area (Å²) in [6, 6.07) is 10.3. The van der Waals surface area contributed by atoms with Crippen LogP contribution in [0.25, 0.3) is 0 Å². The molecule has 2 aliphatic heterocycles. The molecule has 4 rings (SSSR count). The number of nitrogens with one attached hydrogen (secondary N) is 1. The van der Waals surface area contributed by atoms with Crippen molar-refractivity contribution in [2.45, 2.75) is 69.1 Å². The number of hydrogen-bond acceptors (Lipinski definition) is 2. The van der Waals surface area contributed by atoms with Gasteiger partial charge in [0, 0.05) is 34.2 Å². The lowest BCUT2D eigenvalue weighted by Gasteiger charge is -2.49. The highest BCUT2D eigenvalue weighted by molar-refractivity contribution is 9.10. The fourth-order valence-corrected chi connectivity index (χ4v) is 4.64. The van der Waals surface area contributed by atoms with Gasteiger partial charge in [0.2, 0.25) is 0 Å². The van der Waals surface area contributed by atoms with Crippen molar-refractivity contribution in [3.05, 3.63) is 34.3 Å². The summed E-state index contributed by atoms with van der Waals surface area (Å²) in [6.45, 7) is 0. The van der Waals surface area contributed by atoms with Gasteiger partial charge in [-0.05, 0) is 62.8 Å². The highest BCUT2D eigenvalue weighted by Crippen LogP contribution is 2.41. The Balaban J connectivity index is 1.41. The first kappa shape index (κ1) is 14.7. The van der Waals surface area contributed by atoms with Gasteiger partial charge in [-0.1, -0.05) is 22.4 Å². The van der Waals surface area contributed by atoms with E-state index in [1.165, 1.54) is 32.1 Å². The van der Waals surface area contributed by atoms with Crippen LogP contribution in [0.4, 0.5) is 0 Å². The molecule has 0 spiro atoms. The molecule has 2 saturated heterocycles. The zero-order chi connectivity index (χ0) is 15.1. The maximum absolute atomic E-state index is 12.4. The summed E-state index contributed by atoms with van der Waals surface area (Å²) < 4.78 is 1.01. The van der Waals surface area contributed by atoms with E-state index in [9.17, 15) is 4.79 Å². The van der Waals surface area contributed by atoms with Crippen LogP contribution in [0.15, 0.2) is 28.7 Å². The summed E-state index contributed by atoms with van der Waals surface area (Å²) >= 11 is 3.41. The van der Waals surface area contributed by atoms with Gasteiger partial charge in [0.1, 0.15) is 0 Å². The number of carbonyl (C=O) groups excluding carboxylic acids is 1. The number of halogens is 1. The van der Waals surface area contributed by atoms with Crippen LogP contribution in [0.3, 0.4) is 0 Å². The van der Waals surface area contributed by atoms with Gasteiger partial charge in [0.15, 0.2) is 0 Å². The summed E-state index contributed by atoms with van der Waals surface area (Å²) in [6.07, 6.45) is 9.05. The van der Waals surface area contributed by atoms with Gasteiger partial charge >= 0.3 is 0 Å². The topological polar surface area (TPSA) is 32.3 Å². The van der Waals surface area contributed by atoms with E-state index in [-0.39, 0.29) is 5.91 Å². The van der Waals surface area contributed by atoms with E-state index >= 15 is 0 Å². The van der Waals surface area contributed by atoms with Crippen molar-refractivity contribution in [1.29, 1.82) is 0 Å². The van der Waals surface area contributed by atoms with Gasteiger partial charge < -0.3 is 5.32 Å². The normalized spacial score (nSPS) is 31.8. The molecule has 1 saturated carbocycles. The maximum Gasteiger partial charge on any atom is 0.251 e. The quantitative estimate of drug-likeness (QED) is 0.888. The minimum absolute atomic E-state index is 0.0791. The van der Waals surface area contributed by atoms with E-state index in [0.29, 0.717) is 18.1 Å². The summed E-state index contributed by atoms with van der Waals surface area (Å²) in [7, 11) is 0. The molecule has 2 atom stereocenters. The SMILES string of the molecule is O=C(NC1C[C@H]2CCC[C@H](C1)N2C1CC1)c1ccc(Br)cc1. The van der Waals surface area contributed by atoms with E-state index in [1.807, 2.05) is 24.3 Å². The Labute approximate surface area is 140 Å². The lowest BCUT2D eigenvalue weighted by atomic mass is 9.81. The van der Waals surface area contributed by atoms with Crippen molar-refractivity contribution in [3.8, 4) is 0 Å². The smallest absolute Gasteiger partial charge is 0.251 e. The molecule has 0 unspecified atom stereocenters. The zero-order valence-corrected chi connectivity index (χ0v) is 14.4. The van der Waals surface area contributed by atoms with Crippen molar-refractivity contribution < 1.29 is 4.79 Å². The number of fused-ring (bicyclic) bond motifs is 2. The van der Waals surface area contributed by atoms with Gasteiger partial charge in [-0.2, -0.15) is 0 Å². The van der Waals surface area contributed by atoms with Crippen molar-refractivity contribution in [1.82, 2.24) is 10.2 Å². The summed E-state index contributed by atoms with van der Waals surface area (Å²) in [5.74, 6) is 0.0791. The number of benzene rings is 1. The maximum atomic E-state index is 12.4. The Bertz CT molecular complexity index is 541. The first-order chi connectivity index (χ1) is 10.7. The molecule has 1 N–H and O–H groups in total. The number of piperidine rings is 2. The van der Waals surface area contributed by atoms with Crippen LogP contribution in [-0.2, 0) is 0 Å². The Morgan fingerprint density at radius 1 is 1.00 bits per heavy atom. The van der Waals surface area contributed by atoms with Crippen LogP contribution in [0.5, 0.6) is 0 Å². The number of nitrogens with zero attached hydrogens (tertiary/aromatic N) is 1. The van der Waals surface area contributed by atoms with E-state index in [2.05, 4.69) is 26.1 Å². The number of carbonyl (C=O) groups is 1. The van der Waals surface area contributed by atoms with Gasteiger partial charge in [0.05, 0.1) is 0 Å². The zero-order valence-electron chi connectivity index (χ0n) is 12.8. The molecule has 3 fully saturated rings. The molecular weight excluding hydrogens is 340 g/mol. The van der Waals surface area contributed by atoms with E-state index in [0.717, 1.165) is 28.9 Å². The van der Waals surface area contributed by atoms with Crippen LogP contribution in [0.2, 0.25) is 0 Å². The van der Waals surface area contributed by atoms with Crippen LogP contribution in [-0.4, -0.2) is 35.0 Å². The first-order valence-electron chi connectivity index (χ1n) is 8.54. The molecule has 3 nitrogen and oxygen atoms in total. The molecule has 1 aliphatic carbocycles. The third kappa shape index (κ3) is 2.95. The molecular formula is C18H23BrN2O. The molecule has 1 aromatic rings. The highest BCUT2D eigenvalue weighted by atomic mass is 79.9. The standard InChI is InChI=1S/C18H23BrN2O/c19-13-6-4-12(5-7-13)18(22)20-14-10-16-2-1-3-17(11-14)21(16)15-8-9-15/h4-7,14-17H,1-3,8-11H2,(H,20,22)/t16-,17-/m1/s1. The molecule has 0 radical (unpaired) electrons. The summed E-state index contributed by atoms with van der Waals surface area (Å²) in [5.41, 5.74) is 0.762. The highest BCUT2D eigenvalue weighted by Gasteiger charge is 2.45. The van der Waals surface area contributed by atoms with Crippen LogP contribution in [0.1, 0.15) is 55.3 Å². The first-order valence-corrected chi connectivity index (χ1v) is 9.34. The molecule has 1 aromatic carbocycles. The molecule has 3 aliphatic rings. The minimum atomic E-state index is 0.0791. The van der Waals surface area contributed by atoms with Gasteiger partial charge in [0.25, 0.3) is 5.91 Å². The molecule has 1 amide bonds. The average molecular weight is 363 g/mol.